The normalized spacial score (nSPS) is 12.4. The van der Waals surface area contributed by atoms with Crippen LogP contribution < -0.4 is 14.8 Å². The summed E-state index contributed by atoms with van der Waals surface area (Å²) in [5.41, 5.74) is 4.78. The first-order valence-electron chi connectivity index (χ1n) is 7.75. The highest BCUT2D eigenvalue weighted by Gasteiger charge is 2.13. The van der Waals surface area contributed by atoms with Gasteiger partial charge in [0, 0.05) is 10.0 Å². The van der Waals surface area contributed by atoms with Crippen molar-refractivity contribution >= 4 is 49.3 Å². The van der Waals surface area contributed by atoms with Gasteiger partial charge in [0.1, 0.15) is 5.75 Å². The first-order valence-corrected chi connectivity index (χ1v) is 9.36. The number of benzene rings is 2. The number of hydrogen-bond donors (Lipinski definition) is 0. The van der Waals surface area contributed by atoms with E-state index in [1.165, 1.54) is 11.3 Å². The van der Waals surface area contributed by atoms with Crippen molar-refractivity contribution in [2.24, 2.45) is 0 Å². The van der Waals surface area contributed by atoms with E-state index in [2.05, 4.69) is 27.0 Å². The summed E-state index contributed by atoms with van der Waals surface area (Å²) < 4.78 is 8.68. The number of nitrogens with zero attached hydrogens (tertiary/aromatic N) is 2. The number of thiazole rings is 1. The van der Waals surface area contributed by atoms with Crippen molar-refractivity contribution in [3.8, 4) is 5.75 Å². The van der Waals surface area contributed by atoms with Crippen LogP contribution in [0.1, 0.15) is 16.7 Å². The lowest BCUT2D eigenvalue weighted by atomic mass is 10.1. The van der Waals surface area contributed by atoms with Crippen LogP contribution in [0.3, 0.4) is 0 Å². The zero-order valence-electron chi connectivity index (χ0n) is 14.0. The minimum atomic E-state index is -0.0467. The van der Waals surface area contributed by atoms with Crippen LogP contribution in [-0.2, 0) is 0 Å². The van der Waals surface area contributed by atoms with Gasteiger partial charge in [-0.2, -0.15) is 0 Å². The molecule has 0 unspecified atom stereocenters. The van der Waals surface area contributed by atoms with Crippen LogP contribution in [0.4, 0.5) is 0 Å². The van der Waals surface area contributed by atoms with E-state index in [1.807, 2.05) is 44.2 Å². The third-order valence-corrected chi connectivity index (χ3v) is 5.62. The number of hydrogen-bond acceptors (Lipinski definition) is 4. The second-order valence-corrected chi connectivity index (χ2v) is 7.91. The summed E-state index contributed by atoms with van der Waals surface area (Å²) >= 11 is 4.86. The molecule has 4 aromatic rings. The number of imidazole rings is 1. The third-order valence-electron chi connectivity index (χ3n) is 4.16. The Morgan fingerprint density at radius 1 is 1.24 bits per heavy atom. The Labute approximate surface area is 156 Å². The van der Waals surface area contributed by atoms with Gasteiger partial charge in [0.2, 0.25) is 0 Å². The molecule has 126 valence electrons. The molecule has 2 heterocycles. The van der Waals surface area contributed by atoms with Gasteiger partial charge in [-0.15, -0.1) is 0 Å². The molecule has 4 rings (SSSR count). The highest BCUT2D eigenvalue weighted by Crippen LogP contribution is 2.24. The summed E-state index contributed by atoms with van der Waals surface area (Å²) in [6.07, 6.45) is 1.86. The van der Waals surface area contributed by atoms with Crippen molar-refractivity contribution in [3.63, 3.8) is 0 Å². The second kappa shape index (κ2) is 5.97. The predicted molar refractivity (Wildman–Crippen MR) is 106 cm³/mol. The molecule has 6 heteroatoms. The Hall–Kier alpha value is -2.18. The van der Waals surface area contributed by atoms with E-state index in [0.717, 1.165) is 37.9 Å². The van der Waals surface area contributed by atoms with Crippen LogP contribution in [-0.4, -0.2) is 16.5 Å². The van der Waals surface area contributed by atoms with Gasteiger partial charge < -0.3 is 4.74 Å². The smallest absolute Gasteiger partial charge is 0.274 e. The number of ether oxygens (including phenoxy) is 1. The van der Waals surface area contributed by atoms with Crippen molar-refractivity contribution in [2.75, 3.05) is 7.11 Å². The van der Waals surface area contributed by atoms with E-state index in [-0.39, 0.29) is 5.56 Å². The Bertz CT molecular complexity index is 1240. The van der Waals surface area contributed by atoms with Crippen LogP contribution in [0.15, 0.2) is 39.6 Å². The number of rotatable bonds is 2. The Kier molecular flexibility index (Phi) is 3.89. The second-order valence-electron chi connectivity index (χ2n) is 5.98. The molecule has 0 fully saturated rings. The Morgan fingerprint density at radius 3 is 2.80 bits per heavy atom. The largest absolute Gasteiger partial charge is 0.496 e. The molecule has 0 aliphatic carbocycles. The van der Waals surface area contributed by atoms with Gasteiger partial charge in [-0.05, 0) is 55.3 Å². The van der Waals surface area contributed by atoms with E-state index in [1.54, 1.807) is 11.5 Å². The van der Waals surface area contributed by atoms with Crippen molar-refractivity contribution < 1.29 is 4.74 Å². The minimum Gasteiger partial charge on any atom is -0.496 e. The molecule has 25 heavy (non-hydrogen) atoms. The molecule has 2 aromatic carbocycles. The molecule has 0 spiro atoms. The SMILES string of the molecule is COc1ccc(Br)cc1/C=c1\sc2nc3c(C)cc(C)cc3n2c1=O. The number of aryl methyl sites for hydroxylation is 2. The van der Waals surface area contributed by atoms with Crippen molar-refractivity contribution in [3.05, 3.63) is 66.4 Å². The fourth-order valence-electron chi connectivity index (χ4n) is 3.07. The fraction of sp³-hybridized carbons (Fsp3) is 0.158. The standard InChI is InChI=1S/C19H15BrN2O2S/c1-10-6-11(2)17-14(7-10)22-18(23)16(25-19(22)21-17)9-12-8-13(20)4-5-15(12)24-3/h4-9H,1-3H3/b16-9-. The maximum atomic E-state index is 13.0. The molecule has 0 aliphatic rings. The fourth-order valence-corrected chi connectivity index (χ4v) is 4.42. The maximum Gasteiger partial charge on any atom is 0.274 e. The van der Waals surface area contributed by atoms with Crippen LogP contribution >= 0.6 is 27.3 Å². The highest BCUT2D eigenvalue weighted by atomic mass is 79.9. The Balaban J connectivity index is 2.03. The average Bonchev–Trinajstić information content (AvgIpc) is 3.06. The topological polar surface area (TPSA) is 43.6 Å². The predicted octanol–water partition coefficient (Wildman–Crippen LogP) is 3.84. The summed E-state index contributed by atoms with van der Waals surface area (Å²) in [5, 5.41) is 0. The van der Waals surface area contributed by atoms with E-state index >= 15 is 0 Å². The van der Waals surface area contributed by atoms with E-state index in [9.17, 15) is 4.79 Å². The molecule has 0 saturated carbocycles. The first kappa shape index (κ1) is 16.3. The third kappa shape index (κ3) is 2.65. The molecule has 0 atom stereocenters. The summed E-state index contributed by atoms with van der Waals surface area (Å²) in [5.74, 6) is 0.727. The lowest BCUT2D eigenvalue weighted by Crippen LogP contribution is -2.22. The molecular weight excluding hydrogens is 400 g/mol. The number of fused-ring (bicyclic) bond motifs is 3. The summed E-state index contributed by atoms with van der Waals surface area (Å²) in [6, 6.07) is 9.83. The first-order chi connectivity index (χ1) is 12.0. The maximum absolute atomic E-state index is 13.0. The van der Waals surface area contributed by atoms with Crippen molar-refractivity contribution in [2.45, 2.75) is 13.8 Å². The number of halogens is 1. The molecule has 0 bridgehead atoms. The highest BCUT2D eigenvalue weighted by molar-refractivity contribution is 9.10. The van der Waals surface area contributed by atoms with Crippen LogP contribution in [0, 0.1) is 13.8 Å². The van der Waals surface area contributed by atoms with Crippen LogP contribution in [0.2, 0.25) is 0 Å². The lowest BCUT2D eigenvalue weighted by molar-refractivity contribution is 0.414. The van der Waals surface area contributed by atoms with Gasteiger partial charge in [0.25, 0.3) is 5.56 Å². The average molecular weight is 415 g/mol. The summed E-state index contributed by atoms with van der Waals surface area (Å²) in [4.78, 5) is 18.3. The zero-order valence-corrected chi connectivity index (χ0v) is 16.4. The lowest BCUT2D eigenvalue weighted by Gasteiger charge is -2.04. The van der Waals surface area contributed by atoms with Gasteiger partial charge in [0.05, 0.1) is 22.7 Å². The summed E-state index contributed by atoms with van der Waals surface area (Å²) in [6.45, 7) is 4.05. The molecule has 0 amide bonds. The molecule has 0 radical (unpaired) electrons. The van der Waals surface area contributed by atoms with Crippen LogP contribution in [0.5, 0.6) is 5.75 Å². The molecular formula is C19H15BrN2O2S. The zero-order chi connectivity index (χ0) is 17.7. The monoisotopic (exact) mass is 414 g/mol. The Morgan fingerprint density at radius 2 is 2.04 bits per heavy atom. The summed E-state index contributed by atoms with van der Waals surface area (Å²) in [7, 11) is 1.62. The van der Waals surface area contributed by atoms with Crippen molar-refractivity contribution in [1.82, 2.24) is 9.38 Å². The molecule has 0 N–H and O–H groups in total. The van der Waals surface area contributed by atoms with Crippen LogP contribution in [0.25, 0.3) is 22.1 Å². The van der Waals surface area contributed by atoms with Gasteiger partial charge >= 0.3 is 0 Å². The molecule has 0 saturated heterocycles. The van der Waals surface area contributed by atoms with Crippen molar-refractivity contribution in [1.29, 1.82) is 0 Å². The van der Waals surface area contributed by atoms with E-state index in [0.29, 0.717) is 9.49 Å². The number of aromatic nitrogens is 2. The number of methoxy groups -OCH3 is 1. The minimum absolute atomic E-state index is 0.0467. The molecule has 2 aromatic heterocycles. The molecule has 0 aliphatic heterocycles. The van der Waals surface area contributed by atoms with E-state index in [4.69, 9.17) is 4.74 Å². The van der Waals surface area contributed by atoms with E-state index < -0.39 is 0 Å². The van der Waals surface area contributed by atoms with Gasteiger partial charge in [-0.25, -0.2) is 9.38 Å². The van der Waals surface area contributed by atoms with Gasteiger partial charge in [-0.3, -0.25) is 4.79 Å². The molecule has 4 nitrogen and oxygen atoms in total. The quantitative estimate of drug-likeness (QED) is 0.500. The van der Waals surface area contributed by atoms with Gasteiger partial charge in [0.15, 0.2) is 4.96 Å². The van der Waals surface area contributed by atoms with Gasteiger partial charge in [-0.1, -0.05) is 33.3 Å².